The zero-order valence-corrected chi connectivity index (χ0v) is 12.2. The molecule has 0 bridgehead atoms. The minimum absolute atomic E-state index is 0.250. The summed E-state index contributed by atoms with van der Waals surface area (Å²) in [6, 6.07) is 0. The van der Waals surface area contributed by atoms with Gasteiger partial charge in [-0.05, 0) is 31.6 Å². The second-order valence-electron chi connectivity index (χ2n) is 6.91. The largest absolute Gasteiger partial charge is 0.388 e. The summed E-state index contributed by atoms with van der Waals surface area (Å²) in [7, 11) is 0. The van der Waals surface area contributed by atoms with Crippen molar-refractivity contribution in [1.82, 2.24) is 0 Å². The van der Waals surface area contributed by atoms with Gasteiger partial charge in [-0.2, -0.15) is 0 Å². The maximum Gasteiger partial charge on any atom is 0.111 e. The SMILES string of the molecule is O[C@H]1[C@H](O)[C@@H](CCC2(O)COC2)OC(C2CCCC2)[C@H]1O. The Morgan fingerprint density at radius 3 is 2.19 bits per heavy atom. The number of aliphatic hydroxyl groups is 4. The summed E-state index contributed by atoms with van der Waals surface area (Å²) >= 11 is 0. The Labute approximate surface area is 124 Å². The molecule has 2 saturated heterocycles. The van der Waals surface area contributed by atoms with E-state index in [2.05, 4.69) is 0 Å². The lowest BCUT2D eigenvalue weighted by Crippen LogP contribution is -2.59. The lowest BCUT2D eigenvalue weighted by molar-refractivity contribution is -0.242. The van der Waals surface area contributed by atoms with Gasteiger partial charge in [-0.3, -0.25) is 0 Å². The van der Waals surface area contributed by atoms with Crippen molar-refractivity contribution in [2.45, 2.75) is 74.6 Å². The van der Waals surface area contributed by atoms with Gasteiger partial charge in [-0.25, -0.2) is 0 Å². The highest BCUT2D eigenvalue weighted by atomic mass is 16.5. The Hall–Kier alpha value is -0.240. The van der Waals surface area contributed by atoms with Crippen LogP contribution in [0.4, 0.5) is 0 Å². The van der Waals surface area contributed by atoms with E-state index in [1.165, 1.54) is 0 Å². The predicted octanol–water partition coefficient (Wildman–Crippen LogP) is -0.432. The first-order valence-corrected chi connectivity index (χ1v) is 8.00. The van der Waals surface area contributed by atoms with E-state index in [0.717, 1.165) is 25.7 Å². The first-order chi connectivity index (χ1) is 10.0. The first-order valence-electron chi connectivity index (χ1n) is 8.00. The molecule has 6 heteroatoms. The molecule has 122 valence electrons. The van der Waals surface area contributed by atoms with Crippen molar-refractivity contribution in [2.75, 3.05) is 13.2 Å². The highest BCUT2D eigenvalue weighted by molar-refractivity contribution is 4.97. The van der Waals surface area contributed by atoms with Crippen LogP contribution in [-0.2, 0) is 9.47 Å². The maximum absolute atomic E-state index is 10.2. The number of hydrogen-bond donors (Lipinski definition) is 4. The van der Waals surface area contributed by atoms with Gasteiger partial charge in [0.05, 0.1) is 25.4 Å². The molecule has 21 heavy (non-hydrogen) atoms. The van der Waals surface area contributed by atoms with Crippen LogP contribution in [0, 0.1) is 5.92 Å². The van der Waals surface area contributed by atoms with Gasteiger partial charge in [-0.15, -0.1) is 0 Å². The van der Waals surface area contributed by atoms with Crippen LogP contribution in [0.25, 0.3) is 0 Å². The fraction of sp³-hybridized carbons (Fsp3) is 1.00. The van der Waals surface area contributed by atoms with Crippen LogP contribution in [0.1, 0.15) is 38.5 Å². The highest BCUT2D eigenvalue weighted by Gasteiger charge is 2.47. The zero-order chi connectivity index (χ0) is 15.0. The molecule has 3 fully saturated rings. The number of hydrogen-bond acceptors (Lipinski definition) is 6. The third-order valence-corrected chi connectivity index (χ3v) is 5.25. The van der Waals surface area contributed by atoms with Crippen molar-refractivity contribution >= 4 is 0 Å². The quantitative estimate of drug-likeness (QED) is 0.562. The summed E-state index contributed by atoms with van der Waals surface area (Å²) in [5.41, 5.74) is -0.826. The summed E-state index contributed by atoms with van der Waals surface area (Å²) in [6.07, 6.45) is 0.877. The molecule has 1 saturated carbocycles. The molecular formula is C15H26O6. The number of rotatable bonds is 4. The fourth-order valence-corrected chi connectivity index (χ4v) is 3.79. The lowest BCUT2D eigenvalue weighted by atomic mass is 9.84. The Kier molecular flexibility index (Phi) is 4.55. The van der Waals surface area contributed by atoms with E-state index in [9.17, 15) is 20.4 Å². The van der Waals surface area contributed by atoms with Crippen LogP contribution in [0.2, 0.25) is 0 Å². The van der Waals surface area contributed by atoms with E-state index >= 15 is 0 Å². The standard InChI is InChI=1S/C15H26O6/c16-11-10(5-6-15(19)7-20-8-15)21-14(13(18)12(11)17)9-3-1-2-4-9/h9-14,16-19H,1-8H2/t10-,11-,12+,13+,14?/m1/s1. The van der Waals surface area contributed by atoms with Gasteiger partial charge in [0.2, 0.25) is 0 Å². The van der Waals surface area contributed by atoms with E-state index in [1.54, 1.807) is 0 Å². The Morgan fingerprint density at radius 1 is 0.952 bits per heavy atom. The van der Waals surface area contributed by atoms with Crippen LogP contribution in [0.3, 0.4) is 0 Å². The Morgan fingerprint density at radius 2 is 1.62 bits per heavy atom. The zero-order valence-electron chi connectivity index (χ0n) is 12.2. The molecule has 0 aromatic rings. The molecular weight excluding hydrogens is 276 g/mol. The number of aliphatic hydroxyl groups excluding tert-OH is 3. The van der Waals surface area contributed by atoms with Gasteiger partial charge in [-0.1, -0.05) is 12.8 Å². The van der Waals surface area contributed by atoms with E-state index in [1.807, 2.05) is 0 Å². The van der Waals surface area contributed by atoms with Gasteiger partial charge in [0.25, 0.3) is 0 Å². The smallest absolute Gasteiger partial charge is 0.111 e. The Bertz CT molecular complexity index is 352. The molecule has 4 N–H and O–H groups in total. The van der Waals surface area contributed by atoms with Gasteiger partial charge in [0.1, 0.15) is 23.9 Å². The van der Waals surface area contributed by atoms with Crippen molar-refractivity contribution in [3.63, 3.8) is 0 Å². The summed E-state index contributed by atoms with van der Waals surface area (Å²) in [6.45, 7) is 0.625. The molecule has 0 aromatic heterocycles. The molecule has 5 atom stereocenters. The van der Waals surface area contributed by atoms with Gasteiger partial charge >= 0.3 is 0 Å². The highest BCUT2D eigenvalue weighted by Crippen LogP contribution is 2.37. The lowest BCUT2D eigenvalue weighted by Gasteiger charge is -2.44. The molecule has 0 aromatic carbocycles. The third kappa shape index (κ3) is 3.11. The molecule has 0 radical (unpaired) electrons. The van der Waals surface area contributed by atoms with Crippen LogP contribution < -0.4 is 0 Å². The van der Waals surface area contributed by atoms with Crippen LogP contribution in [0.15, 0.2) is 0 Å². The molecule has 2 aliphatic heterocycles. The molecule has 2 heterocycles. The van der Waals surface area contributed by atoms with Crippen molar-refractivity contribution in [3.05, 3.63) is 0 Å². The van der Waals surface area contributed by atoms with E-state index in [4.69, 9.17) is 9.47 Å². The minimum atomic E-state index is -1.18. The van der Waals surface area contributed by atoms with Crippen molar-refractivity contribution in [2.24, 2.45) is 5.92 Å². The predicted molar refractivity (Wildman–Crippen MR) is 73.6 cm³/mol. The molecule has 3 aliphatic rings. The summed E-state index contributed by atoms with van der Waals surface area (Å²) < 4.78 is 10.9. The van der Waals surface area contributed by atoms with Crippen molar-refractivity contribution in [1.29, 1.82) is 0 Å². The monoisotopic (exact) mass is 302 g/mol. The summed E-state index contributed by atoms with van der Waals surface area (Å²) in [4.78, 5) is 0. The first kappa shape index (κ1) is 15.6. The van der Waals surface area contributed by atoms with E-state index < -0.39 is 36.1 Å². The van der Waals surface area contributed by atoms with Gasteiger partial charge in [0.15, 0.2) is 0 Å². The molecule has 1 unspecified atom stereocenters. The van der Waals surface area contributed by atoms with Crippen LogP contribution in [0.5, 0.6) is 0 Å². The van der Waals surface area contributed by atoms with Crippen molar-refractivity contribution in [3.8, 4) is 0 Å². The van der Waals surface area contributed by atoms with Gasteiger partial charge in [0, 0.05) is 0 Å². The fourth-order valence-electron chi connectivity index (χ4n) is 3.79. The second-order valence-corrected chi connectivity index (χ2v) is 6.91. The average molecular weight is 302 g/mol. The Balaban J connectivity index is 1.61. The van der Waals surface area contributed by atoms with Crippen LogP contribution in [-0.4, -0.2) is 69.8 Å². The molecule has 0 amide bonds. The summed E-state index contributed by atoms with van der Waals surface area (Å²) in [5, 5.41) is 40.4. The topological polar surface area (TPSA) is 99.4 Å². The average Bonchev–Trinajstić information content (AvgIpc) is 2.96. The normalized spacial score (nSPS) is 43.7. The van der Waals surface area contributed by atoms with E-state index in [-0.39, 0.29) is 5.92 Å². The van der Waals surface area contributed by atoms with E-state index in [0.29, 0.717) is 26.1 Å². The van der Waals surface area contributed by atoms with Crippen LogP contribution >= 0.6 is 0 Å². The molecule has 3 rings (SSSR count). The summed E-state index contributed by atoms with van der Waals surface area (Å²) in [5.74, 6) is 0.250. The maximum atomic E-state index is 10.2. The third-order valence-electron chi connectivity index (χ3n) is 5.25. The minimum Gasteiger partial charge on any atom is -0.388 e. The number of ether oxygens (including phenoxy) is 2. The molecule has 6 nitrogen and oxygen atoms in total. The van der Waals surface area contributed by atoms with Gasteiger partial charge < -0.3 is 29.9 Å². The second kappa shape index (κ2) is 6.10. The molecule has 1 aliphatic carbocycles. The molecule has 0 spiro atoms. The van der Waals surface area contributed by atoms with Crippen molar-refractivity contribution < 1.29 is 29.9 Å².